The highest BCUT2D eigenvalue weighted by Gasteiger charge is 2.31. The Balaban J connectivity index is 2.23. The molecule has 8 heteroatoms. The van der Waals surface area contributed by atoms with E-state index >= 15 is 0 Å². The Kier molecular flexibility index (Phi) is 4.38. The number of furan rings is 1. The number of aliphatic imine (C=N–C) groups is 1. The van der Waals surface area contributed by atoms with Crippen LogP contribution in [0.5, 0.6) is 0 Å². The average Bonchev–Trinajstić information content (AvgIpc) is 3.13. The fourth-order valence-electron chi connectivity index (χ4n) is 2.70. The maximum Gasteiger partial charge on any atom is 0.408 e. The average molecular weight is 358 g/mol. The van der Waals surface area contributed by atoms with Gasteiger partial charge in [-0.1, -0.05) is 18.2 Å². The van der Waals surface area contributed by atoms with Crippen LogP contribution in [0.15, 0.2) is 45.6 Å². The van der Waals surface area contributed by atoms with Gasteiger partial charge in [-0.15, -0.1) is 0 Å². The lowest BCUT2D eigenvalue weighted by molar-refractivity contribution is -0.142. The molecule has 2 aromatic heterocycles. The summed E-state index contributed by atoms with van der Waals surface area (Å²) in [6, 6.07) is 8.95. The summed E-state index contributed by atoms with van der Waals surface area (Å²) in [5, 5.41) is 13.9. The highest BCUT2D eigenvalue weighted by Crippen LogP contribution is 2.34. The third-order valence-electron chi connectivity index (χ3n) is 3.86. The number of alkyl halides is 3. The van der Waals surface area contributed by atoms with E-state index in [2.05, 4.69) is 16.8 Å². The Morgan fingerprint density at radius 3 is 2.81 bits per heavy atom. The summed E-state index contributed by atoms with van der Waals surface area (Å²) >= 11 is 0. The lowest BCUT2D eigenvalue weighted by Gasteiger charge is -2.08. The van der Waals surface area contributed by atoms with Crippen molar-refractivity contribution in [1.29, 1.82) is 5.26 Å². The van der Waals surface area contributed by atoms with Crippen molar-refractivity contribution in [2.24, 2.45) is 4.99 Å². The molecule has 5 nitrogen and oxygen atoms in total. The first-order valence-electron chi connectivity index (χ1n) is 7.53. The second-order valence-corrected chi connectivity index (χ2v) is 5.58. The van der Waals surface area contributed by atoms with Gasteiger partial charge < -0.3 is 4.42 Å². The van der Waals surface area contributed by atoms with E-state index in [-0.39, 0.29) is 11.4 Å². The Hall–Kier alpha value is -3.34. The van der Waals surface area contributed by atoms with Gasteiger partial charge in [-0.2, -0.15) is 23.5 Å². The molecular weight excluding hydrogens is 345 g/mol. The van der Waals surface area contributed by atoms with Crippen molar-refractivity contribution in [3.8, 4) is 17.3 Å². The van der Waals surface area contributed by atoms with Crippen molar-refractivity contribution >= 4 is 23.8 Å². The maximum atomic E-state index is 13.0. The topological polar surface area (TPSA) is 67.1 Å². The van der Waals surface area contributed by atoms with E-state index in [9.17, 15) is 13.2 Å². The number of fused-ring (bicyclic) bond motifs is 1. The van der Waals surface area contributed by atoms with Gasteiger partial charge in [0, 0.05) is 22.6 Å². The molecule has 0 aliphatic rings. The largest absolute Gasteiger partial charge is 0.464 e. The second-order valence-electron chi connectivity index (χ2n) is 5.58. The molecular formula is C18H13F3N4O. The van der Waals surface area contributed by atoms with E-state index in [1.54, 1.807) is 37.3 Å². The maximum absolute atomic E-state index is 13.0. The zero-order valence-corrected chi connectivity index (χ0v) is 13.7. The van der Waals surface area contributed by atoms with Gasteiger partial charge in [0.2, 0.25) is 0 Å². The number of aromatic nitrogens is 2. The number of para-hydroxylation sites is 1. The van der Waals surface area contributed by atoms with E-state index in [1.807, 2.05) is 0 Å². The molecule has 0 N–H and O–H groups in total. The summed E-state index contributed by atoms with van der Waals surface area (Å²) in [6.45, 7) is 3.61. The Morgan fingerprint density at radius 2 is 2.15 bits per heavy atom. The molecule has 0 fully saturated rings. The summed E-state index contributed by atoms with van der Waals surface area (Å²) in [5.41, 5.74) is 2.07. The number of benzene rings is 1. The molecule has 132 valence electrons. The molecule has 0 saturated heterocycles. The van der Waals surface area contributed by atoms with Crippen molar-refractivity contribution in [3.05, 3.63) is 47.5 Å². The van der Waals surface area contributed by atoms with Crippen LogP contribution in [0.3, 0.4) is 0 Å². The van der Waals surface area contributed by atoms with Crippen LogP contribution >= 0.6 is 0 Å². The predicted molar refractivity (Wildman–Crippen MR) is 91.4 cm³/mol. The number of rotatable bonds is 4. The minimum absolute atomic E-state index is 0.0972. The number of nitriles is 1. The molecule has 3 aromatic rings. The fraction of sp³-hybridized carbons (Fsp3) is 0.167. The molecule has 0 bridgehead atoms. The Morgan fingerprint density at radius 1 is 1.42 bits per heavy atom. The first-order valence-corrected chi connectivity index (χ1v) is 7.53. The van der Waals surface area contributed by atoms with Crippen molar-refractivity contribution in [1.82, 2.24) is 9.78 Å². The lowest BCUT2D eigenvalue weighted by atomic mass is 10.1. The van der Waals surface area contributed by atoms with E-state index in [1.165, 1.54) is 12.3 Å². The van der Waals surface area contributed by atoms with Crippen molar-refractivity contribution in [2.45, 2.75) is 19.6 Å². The zero-order valence-electron chi connectivity index (χ0n) is 13.7. The number of hydrogen-bond donors (Lipinski definition) is 0. The summed E-state index contributed by atoms with van der Waals surface area (Å²) in [4.78, 5) is 3.51. The first-order chi connectivity index (χ1) is 12.3. The number of allylic oxidation sites excluding steroid dienone is 1. The van der Waals surface area contributed by atoms with Crippen LogP contribution in [0.2, 0.25) is 0 Å². The van der Waals surface area contributed by atoms with Crippen molar-refractivity contribution in [3.63, 3.8) is 0 Å². The van der Waals surface area contributed by atoms with Crippen LogP contribution in [0.4, 0.5) is 13.2 Å². The molecule has 0 aliphatic heterocycles. The summed E-state index contributed by atoms with van der Waals surface area (Å²) in [6.07, 6.45) is -1.76. The van der Waals surface area contributed by atoms with Crippen LogP contribution in [-0.4, -0.2) is 22.7 Å². The molecule has 0 radical (unpaired) electrons. The fourth-order valence-corrected chi connectivity index (χ4v) is 2.70. The number of halogens is 3. The van der Waals surface area contributed by atoms with Gasteiger partial charge in [0.1, 0.15) is 30.2 Å². The quantitative estimate of drug-likeness (QED) is 0.500. The highest BCUT2D eigenvalue weighted by atomic mass is 19.4. The van der Waals surface area contributed by atoms with Gasteiger partial charge >= 0.3 is 6.18 Å². The first kappa shape index (κ1) is 17.5. The Bertz CT molecular complexity index is 1050. The van der Waals surface area contributed by atoms with Gasteiger partial charge in [-0.05, 0) is 19.7 Å². The SMILES string of the molecule is C=N/C(C#N)=C\c1c(C)c(-c2coc3ccccc23)nn1CC(F)(F)F. The molecule has 0 aliphatic carbocycles. The molecule has 26 heavy (non-hydrogen) atoms. The lowest BCUT2D eigenvalue weighted by Crippen LogP contribution is -2.19. The van der Waals surface area contributed by atoms with Crippen LogP contribution in [0.1, 0.15) is 11.3 Å². The monoisotopic (exact) mass is 358 g/mol. The highest BCUT2D eigenvalue weighted by molar-refractivity contribution is 5.94. The van der Waals surface area contributed by atoms with E-state index in [4.69, 9.17) is 9.68 Å². The Labute approximate surface area is 146 Å². The van der Waals surface area contributed by atoms with E-state index in [0.29, 0.717) is 22.4 Å². The standard InChI is InChI=1S/C18H13F3N4O/c1-11-15(7-12(8-22)23-2)25(10-18(19,20)21)24-17(11)14-9-26-16-6-4-3-5-13(14)16/h3-7,9H,2,10H2,1H3/b12-7-. The van der Waals surface area contributed by atoms with Crippen LogP contribution in [0.25, 0.3) is 28.3 Å². The van der Waals surface area contributed by atoms with Gasteiger partial charge in [0.15, 0.2) is 0 Å². The normalized spacial score (nSPS) is 12.3. The molecule has 0 atom stereocenters. The molecule has 1 aromatic carbocycles. The summed E-state index contributed by atoms with van der Waals surface area (Å²) in [7, 11) is 0. The summed E-state index contributed by atoms with van der Waals surface area (Å²) < 4.78 is 45.2. The molecule has 0 amide bonds. The van der Waals surface area contributed by atoms with Gasteiger partial charge in [0.05, 0.1) is 11.4 Å². The molecule has 0 saturated carbocycles. The van der Waals surface area contributed by atoms with Crippen LogP contribution in [-0.2, 0) is 6.54 Å². The number of nitrogens with zero attached hydrogens (tertiary/aromatic N) is 4. The molecule has 2 heterocycles. The predicted octanol–water partition coefficient (Wildman–Crippen LogP) is 4.73. The van der Waals surface area contributed by atoms with Crippen LogP contribution < -0.4 is 0 Å². The van der Waals surface area contributed by atoms with Gasteiger partial charge in [0.25, 0.3) is 0 Å². The minimum atomic E-state index is -4.47. The second kappa shape index (κ2) is 6.52. The number of hydrogen-bond acceptors (Lipinski definition) is 4. The smallest absolute Gasteiger partial charge is 0.408 e. The third-order valence-corrected chi connectivity index (χ3v) is 3.86. The summed E-state index contributed by atoms with van der Waals surface area (Å²) in [5.74, 6) is 0. The van der Waals surface area contributed by atoms with Gasteiger partial charge in [-0.3, -0.25) is 9.67 Å². The van der Waals surface area contributed by atoms with Gasteiger partial charge in [-0.25, -0.2) is 0 Å². The van der Waals surface area contributed by atoms with Crippen LogP contribution in [0, 0.1) is 18.3 Å². The van der Waals surface area contributed by atoms with E-state index < -0.39 is 12.7 Å². The third kappa shape index (κ3) is 3.24. The molecule has 3 rings (SSSR count). The minimum Gasteiger partial charge on any atom is -0.464 e. The molecule has 0 spiro atoms. The van der Waals surface area contributed by atoms with Crippen molar-refractivity contribution in [2.75, 3.05) is 0 Å². The van der Waals surface area contributed by atoms with Crippen molar-refractivity contribution < 1.29 is 17.6 Å². The van der Waals surface area contributed by atoms with E-state index in [0.717, 1.165) is 10.1 Å². The zero-order chi connectivity index (χ0) is 18.9. The molecule has 0 unspecified atom stereocenters.